The fourth-order valence-electron chi connectivity index (χ4n) is 0.835. The van der Waals surface area contributed by atoms with E-state index in [1.54, 1.807) is 10.6 Å². The van der Waals surface area contributed by atoms with Crippen LogP contribution in [0.25, 0.3) is 0 Å². The second kappa shape index (κ2) is 2.56. The molecule has 0 saturated heterocycles. The zero-order chi connectivity index (χ0) is 7.56. The van der Waals surface area contributed by atoms with Crippen LogP contribution in [0.3, 0.4) is 0 Å². The molecule has 1 rings (SSSR count). The van der Waals surface area contributed by atoms with Gasteiger partial charge in [-0.2, -0.15) is 0 Å². The summed E-state index contributed by atoms with van der Waals surface area (Å²) in [5, 5.41) is 8.40. The molecule has 1 aromatic rings. The monoisotopic (exact) mass is 139 g/mol. The Morgan fingerprint density at radius 3 is 2.90 bits per heavy atom. The van der Waals surface area contributed by atoms with E-state index >= 15 is 0 Å². The van der Waals surface area contributed by atoms with Crippen LogP contribution in [0.4, 0.5) is 0 Å². The predicted octanol–water partition coefficient (Wildman–Crippen LogP) is 0.652. The van der Waals surface area contributed by atoms with Crippen LogP contribution in [-0.2, 0) is 18.3 Å². The van der Waals surface area contributed by atoms with E-state index in [-0.39, 0.29) is 6.42 Å². The number of nitrogens with zero attached hydrogens (tertiary/aromatic N) is 1. The van der Waals surface area contributed by atoms with Crippen LogP contribution in [-0.4, -0.2) is 15.6 Å². The van der Waals surface area contributed by atoms with Gasteiger partial charge in [-0.15, -0.1) is 0 Å². The first-order chi connectivity index (χ1) is 4.70. The number of carbonyl (C=O) groups is 1. The maximum atomic E-state index is 10.2. The quantitative estimate of drug-likeness (QED) is 0.653. The lowest BCUT2D eigenvalue weighted by molar-refractivity contribution is -0.136. The van der Waals surface area contributed by atoms with Gasteiger partial charge in [-0.05, 0) is 12.1 Å². The predicted molar refractivity (Wildman–Crippen MR) is 36.8 cm³/mol. The lowest BCUT2D eigenvalue weighted by atomic mass is 10.3. The fourth-order valence-corrected chi connectivity index (χ4v) is 0.835. The lowest BCUT2D eigenvalue weighted by Crippen LogP contribution is -2.04. The van der Waals surface area contributed by atoms with Crippen molar-refractivity contribution in [3.8, 4) is 0 Å². The third-order valence-electron chi connectivity index (χ3n) is 1.38. The average molecular weight is 139 g/mol. The van der Waals surface area contributed by atoms with Crippen LogP contribution in [0.15, 0.2) is 18.3 Å². The molecule has 3 nitrogen and oxygen atoms in total. The molecular formula is C7H9NO2. The zero-order valence-electron chi connectivity index (χ0n) is 5.74. The second-order valence-corrected chi connectivity index (χ2v) is 2.18. The number of rotatable bonds is 2. The molecule has 0 aromatic carbocycles. The van der Waals surface area contributed by atoms with Gasteiger partial charge in [0.2, 0.25) is 0 Å². The Morgan fingerprint density at radius 2 is 2.50 bits per heavy atom. The third kappa shape index (κ3) is 1.37. The summed E-state index contributed by atoms with van der Waals surface area (Å²) in [6, 6.07) is 3.63. The van der Waals surface area contributed by atoms with E-state index in [1.807, 2.05) is 19.3 Å². The van der Waals surface area contributed by atoms with Gasteiger partial charge in [0.1, 0.15) is 0 Å². The molecule has 0 bridgehead atoms. The molecule has 0 spiro atoms. The lowest BCUT2D eigenvalue weighted by Gasteiger charge is -1.96. The zero-order valence-corrected chi connectivity index (χ0v) is 5.74. The first kappa shape index (κ1) is 6.86. The Kier molecular flexibility index (Phi) is 1.76. The van der Waals surface area contributed by atoms with E-state index in [9.17, 15) is 4.79 Å². The molecule has 0 unspecified atom stereocenters. The van der Waals surface area contributed by atoms with Gasteiger partial charge in [0, 0.05) is 18.9 Å². The highest BCUT2D eigenvalue weighted by Gasteiger charge is 2.01. The van der Waals surface area contributed by atoms with Crippen molar-refractivity contribution in [3.05, 3.63) is 24.0 Å². The third-order valence-corrected chi connectivity index (χ3v) is 1.38. The summed E-state index contributed by atoms with van der Waals surface area (Å²) in [4.78, 5) is 10.2. The van der Waals surface area contributed by atoms with Crippen LogP contribution in [0.5, 0.6) is 0 Å². The maximum Gasteiger partial charge on any atom is 0.309 e. The van der Waals surface area contributed by atoms with Gasteiger partial charge in [0.15, 0.2) is 0 Å². The normalized spacial score (nSPS) is 9.70. The van der Waals surface area contributed by atoms with Crippen LogP contribution in [0, 0.1) is 0 Å². The van der Waals surface area contributed by atoms with Crippen LogP contribution >= 0.6 is 0 Å². The minimum atomic E-state index is -0.790. The van der Waals surface area contributed by atoms with Crippen molar-refractivity contribution in [1.82, 2.24) is 4.57 Å². The molecule has 0 atom stereocenters. The molecule has 54 valence electrons. The van der Waals surface area contributed by atoms with E-state index in [2.05, 4.69) is 0 Å². The van der Waals surface area contributed by atoms with Gasteiger partial charge in [0.25, 0.3) is 0 Å². The van der Waals surface area contributed by atoms with Crippen molar-refractivity contribution >= 4 is 5.97 Å². The van der Waals surface area contributed by atoms with Gasteiger partial charge in [-0.1, -0.05) is 0 Å². The van der Waals surface area contributed by atoms with Crippen LogP contribution in [0.2, 0.25) is 0 Å². The van der Waals surface area contributed by atoms with E-state index in [1.165, 1.54) is 0 Å². The number of hydrogen-bond acceptors (Lipinski definition) is 1. The minimum absolute atomic E-state index is 0.101. The highest BCUT2D eigenvalue weighted by atomic mass is 16.4. The summed E-state index contributed by atoms with van der Waals surface area (Å²) in [5.74, 6) is -0.790. The minimum Gasteiger partial charge on any atom is -0.481 e. The summed E-state index contributed by atoms with van der Waals surface area (Å²) in [6.45, 7) is 0. The Balaban J connectivity index is 2.74. The van der Waals surface area contributed by atoms with Gasteiger partial charge < -0.3 is 9.67 Å². The molecule has 0 saturated carbocycles. The maximum absolute atomic E-state index is 10.2. The summed E-state index contributed by atoms with van der Waals surface area (Å²) in [6.07, 6.45) is 1.93. The number of aryl methyl sites for hydroxylation is 1. The smallest absolute Gasteiger partial charge is 0.309 e. The molecule has 1 N–H and O–H groups in total. The first-order valence-corrected chi connectivity index (χ1v) is 3.02. The molecule has 3 heteroatoms. The highest BCUT2D eigenvalue weighted by Crippen LogP contribution is 1.99. The number of carboxylic acid groups (broad SMARTS) is 1. The Bertz CT molecular complexity index is 240. The number of aromatic nitrogens is 1. The Hall–Kier alpha value is -1.25. The number of hydrogen-bond donors (Lipinski definition) is 1. The molecule has 1 heterocycles. The SMILES string of the molecule is Cn1cccc1CC(=O)O. The van der Waals surface area contributed by atoms with E-state index in [4.69, 9.17) is 5.11 Å². The molecule has 0 aliphatic heterocycles. The van der Waals surface area contributed by atoms with Crippen LogP contribution in [0.1, 0.15) is 5.69 Å². The van der Waals surface area contributed by atoms with Crippen molar-refractivity contribution < 1.29 is 9.90 Å². The fraction of sp³-hybridized carbons (Fsp3) is 0.286. The molecule has 0 fully saturated rings. The van der Waals surface area contributed by atoms with E-state index in [0.29, 0.717) is 0 Å². The Labute approximate surface area is 58.9 Å². The van der Waals surface area contributed by atoms with E-state index < -0.39 is 5.97 Å². The molecule has 0 amide bonds. The van der Waals surface area contributed by atoms with E-state index in [0.717, 1.165) is 5.69 Å². The largest absolute Gasteiger partial charge is 0.481 e. The van der Waals surface area contributed by atoms with Crippen molar-refractivity contribution in [1.29, 1.82) is 0 Å². The summed E-state index contributed by atoms with van der Waals surface area (Å²) in [7, 11) is 1.83. The topological polar surface area (TPSA) is 42.2 Å². The van der Waals surface area contributed by atoms with Crippen molar-refractivity contribution in [2.75, 3.05) is 0 Å². The number of aliphatic carboxylic acids is 1. The van der Waals surface area contributed by atoms with Crippen LogP contribution < -0.4 is 0 Å². The first-order valence-electron chi connectivity index (χ1n) is 3.02. The highest BCUT2D eigenvalue weighted by molar-refractivity contribution is 5.69. The molecular weight excluding hydrogens is 130 g/mol. The van der Waals surface area contributed by atoms with Gasteiger partial charge in [0.05, 0.1) is 6.42 Å². The Morgan fingerprint density at radius 1 is 1.80 bits per heavy atom. The number of carboxylic acids is 1. The molecule has 10 heavy (non-hydrogen) atoms. The summed E-state index contributed by atoms with van der Waals surface area (Å²) < 4.78 is 1.80. The molecule has 0 aliphatic rings. The average Bonchev–Trinajstić information content (AvgIpc) is 2.15. The summed E-state index contributed by atoms with van der Waals surface area (Å²) >= 11 is 0. The second-order valence-electron chi connectivity index (χ2n) is 2.18. The molecule has 0 radical (unpaired) electrons. The van der Waals surface area contributed by atoms with Gasteiger partial charge in [-0.25, -0.2) is 0 Å². The summed E-state index contributed by atoms with van der Waals surface area (Å²) in [5.41, 5.74) is 0.826. The van der Waals surface area contributed by atoms with Gasteiger partial charge in [-0.3, -0.25) is 4.79 Å². The van der Waals surface area contributed by atoms with Crippen molar-refractivity contribution in [2.45, 2.75) is 6.42 Å². The van der Waals surface area contributed by atoms with Crippen molar-refractivity contribution in [2.24, 2.45) is 7.05 Å². The van der Waals surface area contributed by atoms with Crippen molar-refractivity contribution in [3.63, 3.8) is 0 Å². The van der Waals surface area contributed by atoms with Gasteiger partial charge >= 0.3 is 5.97 Å². The molecule has 0 aliphatic carbocycles. The standard InChI is InChI=1S/C7H9NO2/c1-8-4-2-3-6(8)5-7(9)10/h2-4H,5H2,1H3,(H,9,10). The molecule has 1 aromatic heterocycles.